The SMILES string of the molecule is COC(=O)[C@H](Cc1c[nH]c2ccccc12)NC(=O)CO/N=C1\C=C2CC[C@@H]3[C@@H]4CC[C@H](C(C)=O)[C@@]4(C)CC[C@@H]3[C@@]2(C)CC1. The molecule has 4 aliphatic carbocycles. The molecule has 1 amide bonds. The second-order valence-electron chi connectivity index (χ2n) is 13.9. The summed E-state index contributed by atoms with van der Waals surface area (Å²) in [6.45, 7) is 6.37. The Kier molecular flexibility index (Phi) is 7.99. The van der Waals surface area contributed by atoms with Gasteiger partial charge in [-0.3, -0.25) is 9.59 Å². The molecular weight excluding hydrogens is 542 g/mol. The number of hydrogen-bond acceptors (Lipinski definition) is 6. The van der Waals surface area contributed by atoms with E-state index in [9.17, 15) is 14.4 Å². The summed E-state index contributed by atoms with van der Waals surface area (Å²) >= 11 is 0. The van der Waals surface area contributed by atoms with Crippen LogP contribution >= 0.6 is 0 Å². The third kappa shape index (κ3) is 5.31. The second kappa shape index (κ2) is 11.6. The number of allylic oxidation sites excluding steroid dienone is 2. The second-order valence-corrected chi connectivity index (χ2v) is 13.9. The lowest BCUT2D eigenvalue weighted by molar-refractivity contribution is -0.145. The number of hydrogen-bond donors (Lipinski definition) is 2. The minimum atomic E-state index is -0.830. The molecule has 3 saturated carbocycles. The smallest absolute Gasteiger partial charge is 0.328 e. The van der Waals surface area contributed by atoms with Crippen LogP contribution in [0.15, 0.2) is 47.3 Å². The number of nitrogens with one attached hydrogen (secondary N) is 2. The summed E-state index contributed by atoms with van der Waals surface area (Å²) in [5, 5.41) is 8.12. The zero-order valence-electron chi connectivity index (χ0n) is 25.9. The van der Waals surface area contributed by atoms with E-state index in [1.165, 1.54) is 31.9 Å². The molecular formula is C35H45N3O5. The normalized spacial score (nSPS) is 33.1. The van der Waals surface area contributed by atoms with Crippen LogP contribution < -0.4 is 5.32 Å². The summed E-state index contributed by atoms with van der Waals surface area (Å²) in [5.41, 5.74) is 4.56. The largest absolute Gasteiger partial charge is 0.467 e. The van der Waals surface area contributed by atoms with Crippen molar-refractivity contribution in [3.05, 3.63) is 47.7 Å². The van der Waals surface area contributed by atoms with Crippen LogP contribution in [0.4, 0.5) is 0 Å². The summed E-state index contributed by atoms with van der Waals surface area (Å²) in [6, 6.07) is 7.01. The number of benzene rings is 1. The van der Waals surface area contributed by atoms with E-state index in [4.69, 9.17) is 9.57 Å². The molecule has 2 aromatic rings. The van der Waals surface area contributed by atoms with Crippen molar-refractivity contribution >= 4 is 34.3 Å². The van der Waals surface area contributed by atoms with Crippen molar-refractivity contribution in [2.75, 3.05) is 13.7 Å². The maximum Gasteiger partial charge on any atom is 0.328 e. The van der Waals surface area contributed by atoms with Gasteiger partial charge in [0.2, 0.25) is 0 Å². The number of H-pyrrole nitrogens is 1. The standard InChI is InChI=1S/C35H45N3O5/c1-21(39)27-11-12-28-26-10-9-23-18-24(13-15-34(23,2)29(26)14-16-35(27,28)3)38-43-20-32(40)37-31(33(41)42-4)17-22-19-36-30-8-6-5-7-25(22)30/h5-8,18-19,26-29,31,36H,9-17,20H2,1-4H3,(H,37,40)/b38-24-/t26-,27-,28+,29+,31+,34+,35-/m1/s1. The molecule has 1 aromatic carbocycles. The van der Waals surface area contributed by atoms with Gasteiger partial charge in [-0.15, -0.1) is 0 Å². The van der Waals surface area contributed by atoms with E-state index in [0.29, 0.717) is 30.0 Å². The van der Waals surface area contributed by atoms with Crippen LogP contribution in [0.1, 0.15) is 77.7 Å². The van der Waals surface area contributed by atoms with Gasteiger partial charge >= 0.3 is 5.97 Å². The van der Waals surface area contributed by atoms with E-state index >= 15 is 0 Å². The topological polar surface area (TPSA) is 110 Å². The highest BCUT2D eigenvalue weighted by atomic mass is 16.6. The molecule has 1 aromatic heterocycles. The summed E-state index contributed by atoms with van der Waals surface area (Å²) in [7, 11) is 1.32. The number of fused-ring (bicyclic) bond motifs is 6. The maximum atomic E-state index is 12.8. The van der Waals surface area contributed by atoms with Crippen molar-refractivity contribution in [1.29, 1.82) is 0 Å². The molecule has 7 atom stereocenters. The highest BCUT2D eigenvalue weighted by molar-refractivity contribution is 5.96. The molecule has 2 N–H and O–H groups in total. The van der Waals surface area contributed by atoms with Crippen LogP contribution in [0.5, 0.6) is 0 Å². The molecule has 8 nitrogen and oxygen atoms in total. The lowest BCUT2D eigenvalue weighted by Gasteiger charge is -2.58. The molecule has 8 heteroatoms. The Bertz CT molecular complexity index is 1470. The highest BCUT2D eigenvalue weighted by Gasteiger charge is 2.59. The molecule has 6 rings (SSSR count). The Hall–Kier alpha value is -3.42. The molecule has 3 fully saturated rings. The molecule has 0 aliphatic heterocycles. The first kappa shape index (κ1) is 29.6. The minimum Gasteiger partial charge on any atom is -0.467 e. The molecule has 0 radical (unpaired) electrons. The third-order valence-electron chi connectivity index (χ3n) is 11.8. The first-order valence-corrected chi connectivity index (χ1v) is 16.0. The number of carbonyl (C=O) groups is 3. The number of oxime groups is 1. The zero-order valence-corrected chi connectivity index (χ0v) is 25.9. The quantitative estimate of drug-likeness (QED) is 0.295. The fourth-order valence-corrected chi connectivity index (χ4v) is 9.58. The van der Waals surface area contributed by atoms with Crippen molar-refractivity contribution in [2.45, 2.75) is 84.6 Å². The van der Waals surface area contributed by atoms with Gasteiger partial charge in [-0.1, -0.05) is 42.8 Å². The lowest BCUT2D eigenvalue weighted by Crippen LogP contribution is -2.51. The predicted octanol–water partition coefficient (Wildman–Crippen LogP) is 5.91. The number of methoxy groups -OCH3 is 1. The van der Waals surface area contributed by atoms with E-state index in [-0.39, 0.29) is 23.4 Å². The Morgan fingerprint density at radius 1 is 1.07 bits per heavy atom. The van der Waals surface area contributed by atoms with Gasteiger partial charge in [0, 0.05) is 29.4 Å². The average Bonchev–Trinajstić information content (AvgIpc) is 3.57. The number of aromatic amines is 1. The number of ether oxygens (including phenoxy) is 1. The van der Waals surface area contributed by atoms with Gasteiger partial charge in [0.15, 0.2) is 6.61 Å². The van der Waals surface area contributed by atoms with Crippen LogP contribution in [-0.2, 0) is 30.4 Å². The van der Waals surface area contributed by atoms with Crippen LogP contribution in [0.3, 0.4) is 0 Å². The van der Waals surface area contributed by atoms with E-state index in [1.54, 1.807) is 6.92 Å². The van der Waals surface area contributed by atoms with Gasteiger partial charge in [-0.25, -0.2) is 4.79 Å². The number of amides is 1. The molecule has 4 aliphatic rings. The van der Waals surface area contributed by atoms with E-state index in [1.807, 2.05) is 30.5 Å². The Morgan fingerprint density at radius 2 is 1.88 bits per heavy atom. The monoisotopic (exact) mass is 587 g/mol. The first-order chi connectivity index (χ1) is 20.6. The summed E-state index contributed by atoms with van der Waals surface area (Å²) in [4.78, 5) is 46.4. The molecule has 1 heterocycles. The lowest BCUT2D eigenvalue weighted by atomic mass is 9.46. The maximum absolute atomic E-state index is 12.8. The van der Waals surface area contributed by atoms with Crippen molar-refractivity contribution < 1.29 is 24.0 Å². The van der Waals surface area contributed by atoms with Gasteiger partial charge in [0.25, 0.3) is 5.91 Å². The highest BCUT2D eigenvalue weighted by Crippen LogP contribution is 2.66. The first-order valence-electron chi connectivity index (χ1n) is 16.0. The number of nitrogens with zero attached hydrogens (tertiary/aromatic N) is 1. The average molecular weight is 588 g/mol. The van der Waals surface area contributed by atoms with E-state index < -0.39 is 17.9 Å². The van der Waals surface area contributed by atoms with Crippen LogP contribution in [0.2, 0.25) is 0 Å². The Balaban J connectivity index is 1.07. The van der Waals surface area contributed by atoms with Gasteiger partial charge in [-0.05, 0) is 105 Å². The van der Waals surface area contributed by atoms with E-state index in [2.05, 4.69) is 35.4 Å². The number of aromatic nitrogens is 1. The molecule has 43 heavy (non-hydrogen) atoms. The van der Waals surface area contributed by atoms with Crippen LogP contribution in [-0.4, -0.2) is 48.1 Å². The fraction of sp³-hybridized carbons (Fsp3) is 0.600. The van der Waals surface area contributed by atoms with Crippen LogP contribution in [0.25, 0.3) is 10.9 Å². The summed E-state index contributed by atoms with van der Waals surface area (Å²) in [5.74, 6) is 1.69. The molecule has 0 unspecified atom stereocenters. The molecule has 0 bridgehead atoms. The number of para-hydroxylation sites is 1. The van der Waals surface area contributed by atoms with Crippen molar-refractivity contribution in [3.8, 4) is 0 Å². The predicted molar refractivity (Wildman–Crippen MR) is 165 cm³/mol. The van der Waals surface area contributed by atoms with Gasteiger partial charge in [0.05, 0.1) is 12.8 Å². The Morgan fingerprint density at radius 3 is 2.67 bits per heavy atom. The van der Waals surface area contributed by atoms with Gasteiger partial charge in [-0.2, -0.15) is 0 Å². The van der Waals surface area contributed by atoms with Gasteiger partial charge < -0.3 is 19.9 Å². The molecule has 0 spiro atoms. The number of esters is 1. The fourth-order valence-electron chi connectivity index (χ4n) is 9.58. The number of ketones is 1. The van der Waals surface area contributed by atoms with Crippen molar-refractivity contribution in [2.24, 2.45) is 39.7 Å². The number of carbonyl (C=O) groups excluding carboxylic acids is 3. The minimum absolute atomic E-state index is 0.158. The van der Waals surface area contributed by atoms with Crippen LogP contribution in [0, 0.1) is 34.5 Å². The van der Waals surface area contributed by atoms with Crippen molar-refractivity contribution in [3.63, 3.8) is 0 Å². The summed E-state index contributed by atoms with van der Waals surface area (Å²) < 4.78 is 4.96. The molecule has 230 valence electrons. The van der Waals surface area contributed by atoms with E-state index in [0.717, 1.165) is 54.3 Å². The van der Waals surface area contributed by atoms with Gasteiger partial charge in [0.1, 0.15) is 11.8 Å². The van der Waals surface area contributed by atoms with Crippen molar-refractivity contribution in [1.82, 2.24) is 10.3 Å². The number of rotatable bonds is 8. The Labute approximate surface area is 254 Å². The third-order valence-corrected chi connectivity index (χ3v) is 11.8. The number of Topliss-reactive ketones (excluding diaryl/α,β-unsaturated/α-hetero) is 1. The zero-order chi connectivity index (χ0) is 30.4. The summed E-state index contributed by atoms with van der Waals surface area (Å²) in [6.07, 6.45) is 13.1. The molecule has 0 saturated heterocycles.